The molecule has 1 aromatic heterocycles. The third kappa shape index (κ3) is 6.23. The maximum absolute atomic E-state index is 4.18. The highest BCUT2D eigenvalue weighted by molar-refractivity contribution is 14.0. The van der Waals surface area contributed by atoms with Crippen LogP contribution >= 0.6 is 24.0 Å². The number of aliphatic imine (C=N–C) groups is 1. The van der Waals surface area contributed by atoms with Crippen LogP contribution in [0.1, 0.15) is 26.0 Å². The molecule has 0 bridgehead atoms. The molecule has 0 aliphatic heterocycles. The first kappa shape index (κ1) is 17.2. The van der Waals surface area contributed by atoms with Crippen LogP contribution in [0.3, 0.4) is 0 Å². The Morgan fingerprint density at radius 3 is 2.67 bits per heavy atom. The summed E-state index contributed by atoms with van der Waals surface area (Å²) in [6.45, 7) is 6.11. The highest BCUT2D eigenvalue weighted by Gasteiger charge is 2.01. The molecule has 0 aliphatic carbocycles. The Bertz CT molecular complexity index is 359. The lowest BCUT2D eigenvalue weighted by molar-refractivity contribution is 0.572. The van der Waals surface area contributed by atoms with Crippen molar-refractivity contribution in [1.82, 2.24) is 20.4 Å². The zero-order chi connectivity index (χ0) is 12.7. The second kappa shape index (κ2) is 9.18. The number of aromatic nitrogens is 2. The first-order valence-corrected chi connectivity index (χ1v) is 6.05. The van der Waals surface area contributed by atoms with E-state index in [-0.39, 0.29) is 24.0 Å². The third-order valence-corrected chi connectivity index (χ3v) is 2.60. The number of aryl methyl sites for hydroxylation is 1. The van der Waals surface area contributed by atoms with Crippen LogP contribution in [0.4, 0.5) is 0 Å². The lowest BCUT2D eigenvalue weighted by Gasteiger charge is -2.12. The van der Waals surface area contributed by atoms with E-state index in [1.54, 1.807) is 13.2 Å². The molecule has 1 rings (SSSR count). The van der Waals surface area contributed by atoms with E-state index in [1.807, 2.05) is 17.8 Å². The Morgan fingerprint density at radius 1 is 1.44 bits per heavy atom. The standard InChI is InChI=1S/C12H23N5.HI/c1-10(2)5-7-14-12(13-3)15-9-11-6-8-16-17(11)4;/h6,8,10H,5,7,9H2,1-4H3,(H2,13,14,15);1H. The van der Waals surface area contributed by atoms with Gasteiger partial charge in [-0.3, -0.25) is 9.67 Å². The molecular formula is C12H24IN5. The zero-order valence-corrected chi connectivity index (χ0v) is 13.9. The fourth-order valence-electron chi connectivity index (χ4n) is 1.45. The van der Waals surface area contributed by atoms with E-state index < -0.39 is 0 Å². The summed E-state index contributed by atoms with van der Waals surface area (Å²) in [5, 5.41) is 10.7. The zero-order valence-electron chi connectivity index (χ0n) is 11.6. The normalized spacial score (nSPS) is 11.3. The van der Waals surface area contributed by atoms with Crippen molar-refractivity contribution >= 4 is 29.9 Å². The predicted molar refractivity (Wildman–Crippen MR) is 86.3 cm³/mol. The summed E-state index contributed by atoms with van der Waals surface area (Å²) in [5.41, 5.74) is 1.14. The van der Waals surface area contributed by atoms with E-state index in [4.69, 9.17) is 0 Å². The monoisotopic (exact) mass is 365 g/mol. The molecule has 104 valence electrons. The van der Waals surface area contributed by atoms with Gasteiger partial charge in [-0.05, 0) is 18.4 Å². The van der Waals surface area contributed by atoms with Gasteiger partial charge in [0, 0.05) is 26.8 Å². The smallest absolute Gasteiger partial charge is 0.191 e. The molecule has 18 heavy (non-hydrogen) atoms. The summed E-state index contributed by atoms with van der Waals surface area (Å²) in [5.74, 6) is 1.55. The van der Waals surface area contributed by atoms with Gasteiger partial charge in [-0.2, -0.15) is 5.10 Å². The molecule has 1 aromatic rings. The van der Waals surface area contributed by atoms with Crippen molar-refractivity contribution in [3.8, 4) is 0 Å². The average Bonchev–Trinajstić information content (AvgIpc) is 2.68. The second-order valence-corrected chi connectivity index (χ2v) is 4.48. The third-order valence-electron chi connectivity index (χ3n) is 2.60. The lowest BCUT2D eigenvalue weighted by atomic mass is 10.1. The summed E-state index contributed by atoms with van der Waals surface area (Å²) in [7, 11) is 3.72. The van der Waals surface area contributed by atoms with Crippen molar-refractivity contribution in [2.24, 2.45) is 18.0 Å². The molecular weight excluding hydrogens is 341 g/mol. The Balaban J connectivity index is 0.00000289. The van der Waals surface area contributed by atoms with Crippen LogP contribution in [-0.2, 0) is 13.6 Å². The van der Waals surface area contributed by atoms with Crippen LogP contribution in [0.15, 0.2) is 17.3 Å². The van der Waals surface area contributed by atoms with E-state index in [9.17, 15) is 0 Å². The lowest BCUT2D eigenvalue weighted by Crippen LogP contribution is -2.38. The molecule has 0 aromatic carbocycles. The highest BCUT2D eigenvalue weighted by Crippen LogP contribution is 1.97. The molecule has 0 aliphatic rings. The van der Waals surface area contributed by atoms with Gasteiger partial charge in [0.15, 0.2) is 5.96 Å². The predicted octanol–water partition coefficient (Wildman–Crippen LogP) is 1.75. The number of nitrogens with zero attached hydrogens (tertiary/aromatic N) is 3. The van der Waals surface area contributed by atoms with E-state index >= 15 is 0 Å². The van der Waals surface area contributed by atoms with Crippen LogP contribution in [0, 0.1) is 5.92 Å². The highest BCUT2D eigenvalue weighted by atomic mass is 127. The summed E-state index contributed by atoms with van der Waals surface area (Å²) in [4.78, 5) is 4.18. The van der Waals surface area contributed by atoms with E-state index in [1.165, 1.54) is 0 Å². The first-order chi connectivity index (χ1) is 8.13. The molecule has 6 heteroatoms. The Kier molecular flexibility index (Phi) is 8.78. The number of hydrogen-bond donors (Lipinski definition) is 2. The van der Waals surface area contributed by atoms with Crippen molar-refractivity contribution in [3.05, 3.63) is 18.0 Å². The molecule has 2 N–H and O–H groups in total. The Morgan fingerprint density at radius 2 is 2.17 bits per heavy atom. The summed E-state index contributed by atoms with van der Waals surface area (Å²) in [6, 6.07) is 1.99. The van der Waals surface area contributed by atoms with Gasteiger partial charge in [0.05, 0.1) is 12.2 Å². The minimum atomic E-state index is 0. The maximum atomic E-state index is 4.18. The van der Waals surface area contributed by atoms with Gasteiger partial charge in [0.1, 0.15) is 0 Å². The van der Waals surface area contributed by atoms with Crippen molar-refractivity contribution in [1.29, 1.82) is 0 Å². The first-order valence-electron chi connectivity index (χ1n) is 6.05. The molecule has 0 saturated heterocycles. The Hall–Kier alpha value is -0.790. The second-order valence-electron chi connectivity index (χ2n) is 4.48. The number of hydrogen-bond acceptors (Lipinski definition) is 2. The fraction of sp³-hybridized carbons (Fsp3) is 0.667. The van der Waals surface area contributed by atoms with Gasteiger partial charge in [-0.1, -0.05) is 13.8 Å². The van der Waals surface area contributed by atoms with Gasteiger partial charge in [0.2, 0.25) is 0 Å². The van der Waals surface area contributed by atoms with Gasteiger partial charge >= 0.3 is 0 Å². The van der Waals surface area contributed by atoms with Gasteiger partial charge < -0.3 is 10.6 Å². The van der Waals surface area contributed by atoms with Crippen LogP contribution in [0.25, 0.3) is 0 Å². The van der Waals surface area contributed by atoms with Crippen molar-refractivity contribution in [2.45, 2.75) is 26.8 Å². The van der Waals surface area contributed by atoms with E-state index in [0.717, 1.165) is 31.2 Å². The van der Waals surface area contributed by atoms with Crippen LogP contribution in [0.5, 0.6) is 0 Å². The van der Waals surface area contributed by atoms with E-state index in [2.05, 4.69) is 34.6 Å². The molecule has 0 atom stereocenters. The van der Waals surface area contributed by atoms with Gasteiger partial charge in [-0.25, -0.2) is 0 Å². The molecule has 0 radical (unpaired) electrons. The minimum absolute atomic E-state index is 0. The van der Waals surface area contributed by atoms with Crippen LogP contribution in [-0.4, -0.2) is 29.3 Å². The van der Waals surface area contributed by atoms with Gasteiger partial charge in [0.25, 0.3) is 0 Å². The average molecular weight is 365 g/mol. The largest absolute Gasteiger partial charge is 0.356 e. The summed E-state index contributed by atoms with van der Waals surface area (Å²) >= 11 is 0. The number of rotatable bonds is 5. The maximum Gasteiger partial charge on any atom is 0.191 e. The van der Waals surface area contributed by atoms with E-state index in [0.29, 0.717) is 5.92 Å². The van der Waals surface area contributed by atoms with Crippen LogP contribution < -0.4 is 10.6 Å². The summed E-state index contributed by atoms with van der Waals surface area (Å²) in [6.07, 6.45) is 2.94. The molecule has 0 unspecified atom stereocenters. The Labute approximate surface area is 126 Å². The summed E-state index contributed by atoms with van der Waals surface area (Å²) < 4.78 is 1.86. The molecule has 1 heterocycles. The SMILES string of the molecule is CN=C(NCCC(C)C)NCc1ccnn1C.I. The quantitative estimate of drug-likeness (QED) is 0.475. The number of nitrogens with one attached hydrogen (secondary N) is 2. The molecule has 0 fully saturated rings. The molecule has 0 amide bonds. The fourth-order valence-corrected chi connectivity index (χ4v) is 1.45. The van der Waals surface area contributed by atoms with Crippen LogP contribution in [0.2, 0.25) is 0 Å². The molecule has 0 spiro atoms. The minimum Gasteiger partial charge on any atom is -0.356 e. The van der Waals surface area contributed by atoms with Gasteiger partial charge in [-0.15, -0.1) is 24.0 Å². The van der Waals surface area contributed by atoms with Crippen molar-refractivity contribution in [3.63, 3.8) is 0 Å². The molecule has 5 nitrogen and oxygen atoms in total. The topological polar surface area (TPSA) is 54.2 Å². The number of guanidine groups is 1. The van der Waals surface area contributed by atoms with Crippen molar-refractivity contribution < 1.29 is 0 Å². The van der Waals surface area contributed by atoms with Crippen molar-refractivity contribution in [2.75, 3.05) is 13.6 Å². The number of halogens is 1. The molecule has 0 saturated carbocycles.